The van der Waals surface area contributed by atoms with Crippen LogP contribution in [0.25, 0.3) is 0 Å². The molecule has 0 N–H and O–H groups in total. The molecule has 2 heterocycles. The zero-order valence-corrected chi connectivity index (χ0v) is 18.3. The van der Waals surface area contributed by atoms with Gasteiger partial charge in [-0.15, -0.1) is 0 Å². The van der Waals surface area contributed by atoms with Gasteiger partial charge in [0, 0.05) is 58.4 Å². The van der Waals surface area contributed by atoms with E-state index in [1.807, 2.05) is 55.8 Å². The van der Waals surface area contributed by atoms with Crippen molar-refractivity contribution in [1.82, 2.24) is 19.6 Å². The van der Waals surface area contributed by atoms with E-state index < -0.39 is 5.60 Å². The summed E-state index contributed by atoms with van der Waals surface area (Å²) in [4.78, 5) is 33.1. The van der Waals surface area contributed by atoms with Crippen LogP contribution in [-0.2, 0) is 11.3 Å². The number of amides is 3. The zero-order chi connectivity index (χ0) is 21.2. The molecular formula is C22H34N4O3. The number of hydrogen-bond acceptors (Lipinski definition) is 4. The molecule has 2 aliphatic heterocycles. The molecule has 2 fully saturated rings. The Morgan fingerprint density at radius 1 is 1.14 bits per heavy atom. The van der Waals surface area contributed by atoms with Gasteiger partial charge in [-0.3, -0.25) is 4.90 Å². The van der Waals surface area contributed by atoms with Crippen LogP contribution in [0.1, 0.15) is 33.3 Å². The van der Waals surface area contributed by atoms with Crippen LogP contribution in [0, 0.1) is 0 Å². The van der Waals surface area contributed by atoms with E-state index in [4.69, 9.17) is 4.74 Å². The highest BCUT2D eigenvalue weighted by Gasteiger charge is 2.38. The molecule has 29 heavy (non-hydrogen) atoms. The van der Waals surface area contributed by atoms with E-state index in [2.05, 4.69) is 24.0 Å². The van der Waals surface area contributed by atoms with Crippen LogP contribution in [-0.4, -0.2) is 89.2 Å². The van der Waals surface area contributed by atoms with Crippen LogP contribution < -0.4 is 0 Å². The van der Waals surface area contributed by atoms with Crippen LogP contribution in [0.2, 0.25) is 0 Å². The predicted octanol–water partition coefficient (Wildman–Crippen LogP) is 2.86. The van der Waals surface area contributed by atoms with E-state index >= 15 is 0 Å². The molecule has 0 saturated carbocycles. The van der Waals surface area contributed by atoms with Crippen molar-refractivity contribution in [1.29, 1.82) is 0 Å². The van der Waals surface area contributed by atoms with Gasteiger partial charge in [0.05, 0.1) is 0 Å². The Kier molecular flexibility index (Phi) is 6.36. The third-order valence-corrected chi connectivity index (χ3v) is 5.54. The normalized spacial score (nSPS) is 23.6. The first-order valence-electron chi connectivity index (χ1n) is 10.4. The molecule has 7 nitrogen and oxygen atoms in total. The summed E-state index contributed by atoms with van der Waals surface area (Å²) in [5.41, 5.74) is 0.710. The summed E-state index contributed by atoms with van der Waals surface area (Å²) in [5, 5.41) is 0. The Morgan fingerprint density at radius 3 is 2.41 bits per heavy atom. The number of benzene rings is 1. The van der Waals surface area contributed by atoms with Crippen LogP contribution in [0.4, 0.5) is 9.59 Å². The average molecular weight is 403 g/mol. The first-order valence-corrected chi connectivity index (χ1v) is 10.4. The maximum Gasteiger partial charge on any atom is 0.410 e. The Bertz CT molecular complexity index is 719. The molecule has 3 amide bonds. The third-order valence-electron chi connectivity index (χ3n) is 5.54. The Balaban J connectivity index is 1.76. The Morgan fingerprint density at radius 2 is 1.83 bits per heavy atom. The number of carbonyl (C=O) groups is 2. The number of hydrogen-bond donors (Lipinski definition) is 0. The summed E-state index contributed by atoms with van der Waals surface area (Å²) in [5.74, 6) is 0. The lowest BCUT2D eigenvalue weighted by Gasteiger charge is -2.46. The second kappa shape index (κ2) is 8.61. The first kappa shape index (κ1) is 21.4. The van der Waals surface area contributed by atoms with Crippen molar-refractivity contribution < 1.29 is 14.3 Å². The van der Waals surface area contributed by atoms with Crippen molar-refractivity contribution in [3.05, 3.63) is 35.9 Å². The van der Waals surface area contributed by atoms with Crippen molar-refractivity contribution in [2.45, 2.75) is 51.9 Å². The summed E-state index contributed by atoms with van der Waals surface area (Å²) in [6, 6.07) is 10.5. The quantitative estimate of drug-likeness (QED) is 0.777. The molecule has 2 atom stereocenters. The van der Waals surface area contributed by atoms with E-state index in [9.17, 15) is 9.59 Å². The molecule has 0 aliphatic carbocycles. The zero-order valence-electron chi connectivity index (χ0n) is 18.3. The Hall–Kier alpha value is -2.28. The second-order valence-corrected chi connectivity index (χ2v) is 9.20. The molecular weight excluding hydrogens is 368 g/mol. The van der Waals surface area contributed by atoms with Crippen molar-refractivity contribution in [2.24, 2.45) is 0 Å². The van der Waals surface area contributed by atoms with Crippen LogP contribution in [0.15, 0.2) is 30.3 Å². The minimum absolute atomic E-state index is 0.0433. The summed E-state index contributed by atoms with van der Waals surface area (Å²) < 4.78 is 5.64. The van der Waals surface area contributed by atoms with Gasteiger partial charge in [0.15, 0.2) is 0 Å². The Labute approximate surface area is 174 Å². The number of carbonyl (C=O) groups excluding carboxylic acids is 2. The second-order valence-electron chi connectivity index (χ2n) is 9.20. The van der Waals surface area contributed by atoms with Crippen LogP contribution in [0.5, 0.6) is 0 Å². The topological polar surface area (TPSA) is 56.3 Å². The van der Waals surface area contributed by atoms with Gasteiger partial charge >= 0.3 is 12.1 Å². The number of rotatable bonds is 4. The monoisotopic (exact) mass is 402 g/mol. The lowest BCUT2D eigenvalue weighted by atomic mass is 10.1. The van der Waals surface area contributed by atoms with Gasteiger partial charge in [0.2, 0.25) is 0 Å². The molecule has 3 rings (SSSR count). The standard InChI is InChI=1S/C22H34N4O3/c1-17-13-25(14-18-9-7-6-8-10-18)19(15-24-12-11-23(5)20(24)27)16-26(17)21(28)29-22(2,3)4/h6-10,17,19H,11-16H2,1-5H3/t17-,19+/m1/s1. The van der Waals surface area contributed by atoms with E-state index in [0.717, 1.165) is 26.2 Å². The third kappa shape index (κ3) is 5.41. The SMILES string of the molecule is C[C@@H]1CN(Cc2ccccc2)[C@@H](CN2CCN(C)C2=O)CN1C(=O)OC(C)(C)C. The van der Waals surface area contributed by atoms with Crippen molar-refractivity contribution in [3.63, 3.8) is 0 Å². The fourth-order valence-electron chi connectivity index (χ4n) is 4.00. The molecule has 1 aromatic carbocycles. The maximum atomic E-state index is 12.8. The number of nitrogens with zero attached hydrogens (tertiary/aromatic N) is 4. The van der Waals surface area contributed by atoms with Gasteiger partial charge in [0.25, 0.3) is 0 Å². The molecule has 7 heteroatoms. The van der Waals surface area contributed by atoms with Crippen molar-refractivity contribution in [3.8, 4) is 0 Å². The van der Waals surface area contributed by atoms with Gasteiger partial charge in [-0.05, 0) is 33.3 Å². The van der Waals surface area contributed by atoms with Crippen LogP contribution >= 0.6 is 0 Å². The largest absolute Gasteiger partial charge is 0.444 e. The molecule has 0 unspecified atom stereocenters. The lowest BCUT2D eigenvalue weighted by Crippen LogP contribution is -2.61. The number of ether oxygens (including phenoxy) is 1. The number of piperazine rings is 1. The molecule has 160 valence electrons. The summed E-state index contributed by atoms with van der Waals surface area (Å²) in [6.07, 6.45) is -0.278. The summed E-state index contributed by atoms with van der Waals surface area (Å²) in [7, 11) is 1.83. The maximum absolute atomic E-state index is 12.8. The van der Waals surface area contributed by atoms with E-state index in [1.54, 1.807) is 4.90 Å². The number of urea groups is 1. The van der Waals surface area contributed by atoms with E-state index in [1.165, 1.54) is 5.56 Å². The molecule has 1 aromatic rings. The number of likely N-dealkylation sites (N-methyl/N-ethyl adjacent to an activating group) is 1. The van der Waals surface area contributed by atoms with Crippen LogP contribution in [0.3, 0.4) is 0 Å². The lowest BCUT2D eigenvalue weighted by molar-refractivity contribution is -0.0176. The molecule has 0 aromatic heterocycles. The van der Waals surface area contributed by atoms with Gasteiger partial charge in [-0.1, -0.05) is 30.3 Å². The minimum Gasteiger partial charge on any atom is -0.444 e. The highest BCUT2D eigenvalue weighted by Crippen LogP contribution is 2.22. The average Bonchev–Trinajstić information content (AvgIpc) is 2.95. The van der Waals surface area contributed by atoms with Gasteiger partial charge in [-0.25, -0.2) is 9.59 Å². The summed E-state index contributed by atoms with van der Waals surface area (Å²) in [6.45, 7) is 11.9. The molecule has 0 bridgehead atoms. The molecule has 2 aliphatic rings. The predicted molar refractivity (Wildman–Crippen MR) is 113 cm³/mol. The fraction of sp³-hybridized carbons (Fsp3) is 0.636. The summed E-state index contributed by atoms with van der Waals surface area (Å²) >= 11 is 0. The highest BCUT2D eigenvalue weighted by molar-refractivity contribution is 5.76. The highest BCUT2D eigenvalue weighted by atomic mass is 16.6. The van der Waals surface area contributed by atoms with Crippen molar-refractivity contribution in [2.75, 3.05) is 39.8 Å². The minimum atomic E-state index is -0.527. The van der Waals surface area contributed by atoms with Gasteiger partial charge in [-0.2, -0.15) is 0 Å². The van der Waals surface area contributed by atoms with Gasteiger partial charge in [0.1, 0.15) is 5.60 Å². The van der Waals surface area contributed by atoms with Gasteiger partial charge < -0.3 is 19.4 Å². The fourth-order valence-corrected chi connectivity index (χ4v) is 4.00. The van der Waals surface area contributed by atoms with Crippen molar-refractivity contribution >= 4 is 12.1 Å². The molecule has 2 saturated heterocycles. The first-order chi connectivity index (χ1) is 13.6. The molecule has 0 radical (unpaired) electrons. The van der Waals surface area contributed by atoms with E-state index in [0.29, 0.717) is 13.1 Å². The van der Waals surface area contributed by atoms with E-state index in [-0.39, 0.29) is 24.2 Å². The smallest absolute Gasteiger partial charge is 0.410 e. The molecule has 0 spiro atoms.